The second-order valence-electron chi connectivity index (χ2n) is 5.62. The first-order chi connectivity index (χ1) is 10.2. The van der Waals surface area contributed by atoms with Gasteiger partial charge in [-0.1, -0.05) is 26.2 Å². The van der Waals surface area contributed by atoms with E-state index in [9.17, 15) is 0 Å². The van der Waals surface area contributed by atoms with E-state index in [2.05, 4.69) is 32.5 Å². The number of nitrogens with zero attached hydrogens (tertiary/aromatic N) is 3. The molecule has 6 heteroatoms. The number of ether oxygens (including phenoxy) is 1. The molecule has 2 N–H and O–H groups in total. The van der Waals surface area contributed by atoms with E-state index in [-0.39, 0.29) is 0 Å². The van der Waals surface area contributed by atoms with Crippen molar-refractivity contribution in [2.75, 3.05) is 30.8 Å². The Morgan fingerprint density at radius 3 is 2.29 bits per heavy atom. The van der Waals surface area contributed by atoms with Gasteiger partial charge in [0.1, 0.15) is 0 Å². The van der Waals surface area contributed by atoms with E-state index in [1.54, 1.807) is 7.05 Å². The lowest BCUT2D eigenvalue weighted by molar-refractivity contribution is 0.277. The highest BCUT2D eigenvalue weighted by molar-refractivity contribution is 5.35. The smallest absolute Gasteiger partial charge is 0.323 e. The van der Waals surface area contributed by atoms with E-state index in [0.29, 0.717) is 24.5 Å². The number of nitrogens with one attached hydrogen (secondary N) is 2. The summed E-state index contributed by atoms with van der Waals surface area (Å²) in [6.07, 6.45) is 6.62. The highest BCUT2D eigenvalue weighted by Gasteiger charge is 2.20. The molecule has 1 aliphatic rings. The Balaban J connectivity index is 1.89. The van der Waals surface area contributed by atoms with E-state index in [1.807, 2.05) is 6.92 Å². The van der Waals surface area contributed by atoms with E-state index in [4.69, 9.17) is 4.74 Å². The molecule has 0 spiro atoms. The fourth-order valence-corrected chi connectivity index (χ4v) is 2.82. The Morgan fingerprint density at radius 1 is 1.00 bits per heavy atom. The second-order valence-corrected chi connectivity index (χ2v) is 5.62. The van der Waals surface area contributed by atoms with Gasteiger partial charge in [0.05, 0.1) is 6.61 Å². The predicted octanol–water partition coefficient (Wildman–Crippen LogP) is 2.94. The molecule has 0 bridgehead atoms. The largest absolute Gasteiger partial charge is 0.464 e. The van der Waals surface area contributed by atoms with Crippen LogP contribution in [0.25, 0.3) is 0 Å². The van der Waals surface area contributed by atoms with Crippen LogP contribution in [0.2, 0.25) is 0 Å². The predicted molar refractivity (Wildman–Crippen MR) is 84.8 cm³/mol. The van der Waals surface area contributed by atoms with Gasteiger partial charge in [0, 0.05) is 13.6 Å². The first-order valence-corrected chi connectivity index (χ1v) is 8.05. The molecule has 118 valence electrons. The first kappa shape index (κ1) is 15.8. The third kappa shape index (κ3) is 4.72. The maximum atomic E-state index is 5.37. The maximum Gasteiger partial charge on any atom is 0.323 e. The quantitative estimate of drug-likeness (QED) is 0.805. The van der Waals surface area contributed by atoms with Crippen LogP contribution in [0.1, 0.15) is 46.0 Å². The third-order valence-corrected chi connectivity index (χ3v) is 4.20. The summed E-state index contributed by atoms with van der Waals surface area (Å²) in [5, 5.41) is 6.27. The van der Waals surface area contributed by atoms with Crippen molar-refractivity contribution in [3.05, 3.63) is 0 Å². The van der Waals surface area contributed by atoms with Crippen LogP contribution in [0, 0.1) is 11.8 Å². The Morgan fingerprint density at radius 2 is 1.67 bits per heavy atom. The van der Waals surface area contributed by atoms with E-state index >= 15 is 0 Å². The van der Waals surface area contributed by atoms with Crippen LogP contribution in [0.4, 0.5) is 11.9 Å². The number of rotatable bonds is 7. The molecule has 1 saturated carbocycles. The fraction of sp³-hybridized carbons (Fsp3) is 0.800. The van der Waals surface area contributed by atoms with Gasteiger partial charge in [0.15, 0.2) is 0 Å². The topological polar surface area (TPSA) is 72.0 Å². The minimum atomic E-state index is 0.369. The number of hydrogen-bond donors (Lipinski definition) is 2. The van der Waals surface area contributed by atoms with Gasteiger partial charge in [0.25, 0.3) is 0 Å². The lowest BCUT2D eigenvalue weighted by atomic mass is 9.81. The summed E-state index contributed by atoms with van der Waals surface area (Å²) in [5.74, 6) is 2.78. The molecule has 0 saturated heterocycles. The molecule has 21 heavy (non-hydrogen) atoms. The molecule has 1 aromatic heterocycles. The number of aromatic nitrogens is 3. The minimum absolute atomic E-state index is 0.369. The van der Waals surface area contributed by atoms with Crippen LogP contribution in [-0.2, 0) is 0 Å². The summed E-state index contributed by atoms with van der Waals surface area (Å²) in [5.41, 5.74) is 0. The van der Waals surface area contributed by atoms with Crippen LogP contribution in [0.3, 0.4) is 0 Å². The van der Waals surface area contributed by atoms with Gasteiger partial charge in [-0.3, -0.25) is 0 Å². The zero-order valence-corrected chi connectivity index (χ0v) is 13.4. The Hall–Kier alpha value is -1.59. The minimum Gasteiger partial charge on any atom is -0.464 e. The van der Waals surface area contributed by atoms with Crippen molar-refractivity contribution in [1.29, 1.82) is 0 Å². The summed E-state index contributed by atoms with van der Waals surface area (Å²) >= 11 is 0. The van der Waals surface area contributed by atoms with Gasteiger partial charge in [-0.2, -0.15) is 15.0 Å². The van der Waals surface area contributed by atoms with E-state index in [1.165, 1.54) is 32.1 Å². The van der Waals surface area contributed by atoms with Crippen LogP contribution in [0.5, 0.6) is 6.01 Å². The van der Waals surface area contributed by atoms with Gasteiger partial charge in [-0.05, 0) is 31.6 Å². The molecule has 0 aliphatic heterocycles. The van der Waals surface area contributed by atoms with Crippen LogP contribution < -0.4 is 15.4 Å². The zero-order valence-electron chi connectivity index (χ0n) is 13.4. The maximum absolute atomic E-state index is 5.37. The Labute approximate surface area is 127 Å². The highest BCUT2D eigenvalue weighted by Crippen LogP contribution is 2.30. The molecule has 1 heterocycles. The fourth-order valence-electron chi connectivity index (χ4n) is 2.82. The highest BCUT2D eigenvalue weighted by atomic mass is 16.5. The van der Waals surface area contributed by atoms with E-state index in [0.717, 1.165) is 18.4 Å². The molecular weight excluding hydrogens is 266 g/mol. The first-order valence-electron chi connectivity index (χ1n) is 8.05. The number of anilines is 2. The summed E-state index contributed by atoms with van der Waals surface area (Å²) in [6, 6.07) is 0.369. The molecule has 2 rings (SSSR count). The molecule has 6 nitrogen and oxygen atoms in total. The van der Waals surface area contributed by atoms with Crippen molar-refractivity contribution in [3.8, 4) is 6.01 Å². The van der Waals surface area contributed by atoms with Crippen molar-refractivity contribution >= 4 is 11.9 Å². The van der Waals surface area contributed by atoms with Gasteiger partial charge < -0.3 is 15.4 Å². The molecular formula is C15H27N5O. The Bertz CT molecular complexity index is 432. The van der Waals surface area contributed by atoms with Crippen LogP contribution in [-0.4, -0.2) is 35.2 Å². The van der Waals surface area contributed by atoms with Gasteiger partial charge in [-0.25, -0.2) is 0 Å². The summed E-state index contributed by atoms with van der Waals surface area (Å²) in [7, 11) is 1.79. The summed E-state index contributed by atoms with van der Waals surface area (Å²) in [4.78, 5) is 12.8. The standard InChI is InChI=1S/C15H27N5O/c1-4-11-6-8-12(9-7-11)10-17-14-18-13(16-3)19-15(20-14)21-5-2/h11-12H,4-10H2,1-3H3,(H2,16,17,18,19,20). The SMILES string of the molecule is CCOc1nc(NC)nc(NCC2CCC(CC)CC2)n1. The van der Waals surface area contributed by atoms with Crippen LogP contribution >= 0.6 is 0 Å². The van der Waals surface area contributed by atoms with Crippen molar-refractivity contribution in [3.63, 3.8) is 0 Å². The second kappa shape index (κ2) is 8.00. The normalized spacial score (nSPS) is 21.9. The summed E-state index contributed by atoms with van der Waals surface area (Å²) in [6.45, 7) is 5.69. The summed E-state index contributed by atoms with van der Waals surface area (Å²) < 4.78 is 5.37. The van der Waals surface area contributed by atoms with Gasteiger partial charge >= 0.3 is 6.01 Å². The third-order valence-electron chi connectivity index (χ3n) is 4.20. The Kier molecular flexibility index (Phi) is 6.02. The van der Waals surface area contributed by atoms with Crippen molar-refractivity contribution in [2.24, 2.45) is 11.8 Å². The average molecular weight is 293 g/mol. The molecule has 1 aliphatic carbocycles. The molecule has 1 fully saturated rings. The van der Waals surface area contributed by atoms with Crippen molar-refractivity contribution in [1.82, 2.24) is 15.0 Å². The van der Waals surface area contributed by atoms with Crippen molar-refractivity contribution < 1.29 is 4.74 Å². The average Bonchev–Trinajstić information content (AvgIpc) is 2.53. The van der Waals surface area contributed by atoms with E-state index < -0.39 is 0 Å². The zero-order chi connectivity index (χ0) is 15.1. The van der Waals surface area contributed by atoms with Crippen molar-refractivity contribution in [2.45, 2.75) is 46.0 Å². The monoisotopic (exact) mass is 293 g/mol. The molecule has 0 atom stereocenters. The lowest BCUT2D eigenvalue weighted by Crippen LogP contribution is -2.22. The molecule has 0 unspecified atom stereocenters. The molecule has 1 aromatic rings. The lowest BCUT2D eigenvalue weighted by Gasteiger charge is -2.27. The number of hydrogen-bond acceptors (Lipinski definition) is 6. The van der Waals surface area contributed by atoms with Crippen LogP contribution in [0.15, 0.2) is 0 Å². The molecule has 0 aromatic carbocycles. The van der Waals surface area contributed by atoms with Gasteiger partial charge in [-0.15, -0.1) is 0 Å². The van der Waals surface area contributed by atoms with Gasteiger partial charge in [0.2, 0.25) is 11.9 Å². The molecule has 0 amide bonds. The molecule has 0 radical (unpaired) electrons.